The molecule has 2 rings (SSSR count). The van der Waals surface area contributed by atoms with E-state index in [1.807, 2.05) is 19.1 Å². The Hall–Kier alpha value is -3.15. The summed E-state index contributed by atoms with van der Waals surface area (Å²) in [5.41, 5.74) is 7.47. The van der Waals surface area contributed by atoms with Gasteiger partial charge in [-0.25, -0.2) is 4.79 Å². The number of hydrogen-bond acceptors (Lipinski definition) is 4. The number of nitrogens with two attached hydrogens (primary N) is 1. The molecule has 0 saturated carbocycles. The molecule has 2 aromatic rings. The first-order valence-electron chi connectivity index (χ1n) is 7.45. The van der Waals surface area contributed by atoms with E-state index < -0.39 is 24.4 Å². The van der Waals surface area contributed by atoms with Gasteiger partial charge in [-0.2, -0.15) is 0 Å². The van der Waals surface area contributed by atoms with Crippen LogP contribution in [-0.4, -0.2) is 24.4 Å². The molecule has 3 N–H and O–H groups in total. The van der Waals surface area contributed by atoms with Gasteiger partial charge in [-0.1, -0.05) is 19.1 Å². The highest BCUT2D eigenvalue weighted by Crippen LogP contribution is 2.10. The Morgan fingerprint density at radius 3 is 2.08 bits per heavy atom. The predicted octanol–water partition coefficient (Wildman–Crippen LogP) is 2.14. The SMILES string of the molecule is CCc1ccc(C(=O)OCC(=O)Nc2ccc(C(N)=O)cc2)cc1. The van der Waals surface area contributed by atoms with E-state index in [2.05, 4.69) is 5.32 Å². The van der Waals surface area contributed by atoms with E-state index in [-0.39, 0.29) is 0 Å². The third kappa shape index (κ3) is 4.67. The van der Waals surface area contributed by atoms with Crippen molar-refractivity contribution in [2.75, 3.05) is 11.9 Å². The van der Waals surface area contributed by atoms with Crippen molar-refractivity contribution >= 4 is 23.5 Å². The standard InChI is InChI=1S/C18H18N2O4/c1-2-12-3-5-14(6-4-12)18(23)24-11-16(21)20-15-9-7-13(8-10-15)17(19)22/h3-10H,2,11H2,1H3,(H2,19,22)(H,20,21). The molecule has 2 aromatic carbocycles. The van der Waals surface area contributed by atoms with E-state index in [0.29, 0.717) is 16.8 Å². The molecule has 0 heterocycles. The summed E-state index contributed by atoms with van der Waals surface area (Å²) < 4.78 is 4.97. The summed E-state index contributed by atoms with van der Waals surface area (Å²) in [5.74, 6) is -1.58. The van der Waals surface area contributed by atoms with Crippen molar-refractivity contribution in [2.24, 2.45) is 5.73 Å². The largest absolute Gasteiger partial charge is 0.452 e. The average molecular weight is 326 g/mol. The van der Waals surface area contributed by atoms with Gasteiger partial charge in [0.1, 0.15) is 0 Å². The predicted molar refractivity (Wildman–Crippen MR) is 89.7 cm³/mol. The van der Waals surface area contributed by atoms with Gasteiger partial charge in [0.2, 0.25) is 5.91 Å². The first-order valence-corrected chi connectivity index (χ1v) is 7.45. The molecule has 0 aromatic heterocycles. The summed E-state index contributed by atoms with van der Waals surface area (Å²) in [5, 5.41) is 2.56. The Kier molecular flexibility index (Phi) is 5.68. The van der Waals surface area contributed by atoms with Gasteiger partial charge in [0.05, 0.1) is 5.56 Å². The molecule has 0 spiro atoms. The molecule has 6 nitrogen and oxygen atoms in total. The summed E-state index contributed by atoms with van der Waals surface area (Å²) in [4.78, 5) is 34.6. The van der Waals surface area contributed by atoms with Crippen LogP contribution in [-0.2, 0) is 16.0 Å². The van der Waals surface area contributed by atoms with Crippen molar-refractivity contribution < 1.29 is 19.1 Å². The minimum Gasteiger partial charge on any atom is -0.452 e. The van der Waals surface area contributed by atoms with E-state index in [1.165, 1.54) is 12.1 Å². The summed E-state index contributed by atoms with van der Waals surface area (Å²) in [7, 11) is 0. The number of carbonyl (C=O) groups is 3. The molecule has 6 heteroatoms. The molecule has 0 aliphatic carbocycles. The van der Waals surface area contributed by atoms with Gasteiger partial charge in [0, 0.05) is 11.3 Å². The topological polar surface area (TPSA) is 98.5 Å². The molecule has 0 aliphatic heterocycles. The van der Waals surface area contributed by atoms with Crippen LogP contribution in [0.5, 0.6) is 0 Å². The smallest absolute Gasteiger partial charge is 0.338 e. The maximum absolute atomic E-state index is 11.9. The van der Waals surface area contributed by atoms with Crippen LogP contribution in [0.25, 0.3) is 0 Å². The van der Waals surface area contributed by atoms with Crippen LogP contribution in [0.15, 0.2) is 48.5 Å². The summed E-state index contributed by atoms with van der Waals surface area (Å²) in [6.07, 6.45) is 0.881. The van der Waals surface area contributed by atoms with Crippen LogP contribution in [0.1, 0.15) is 33.2 Å². The first kappa shape index (κ1) is 17.2. The molecule has 0 aliphatic rings. The molecule has 0 saturated heterocycles. The summed E-state index contributed by atoms with van der Waals surface area (Å²) in [6, 6.07) is 13.1. The number of aryl methyl sites for hydroxylation is 1. The van der Waals surface area contributed by atoms with Crippen LogP contribution < -0.4 is 11.1 Å². The van der Waals surface area contributed by atoms with Crippen molar-refractivity contribution in [1.82, 2.24) is 0 Å². The third-order valence-electron chi connectivity index (χ3n) is 3.39. The molecular formula is C18H18N2O4. The van der Waals surface area contributed by atoms with Crippen LogP contribution in [0.3, 0.4) is 0 Å². The van der Waals surface area contributed by atoms with Crippen molar-refractivity contribution in [3.63, 3.8) is 0 Å². The Bertz CT molecular complexity index is 737. The number of ether oxygens (including phenoxy) is 1. The summed E-state index contributed by atoms with van der Waals surface area (Å²) in [6.45, 7) is 1.62. The second kappa shape index (κ2) is 7.92. The lowest BCUT2D eigenvalue weighted by Gasteiger charge is -2.07. The molecule has 0 radical (unpaired) electrons. The molecule has 0 unspecified atom stereocenters. The van der Waals surface area contributed by atoms with Gasteiger partial charge in [0.25, 0.3) is 5.91 Å². The lowest BCUT2D eigenvalue weighted by Crippen LogP contribution is -2.21. The maximum atomic E-state index is 11.9. The minimum atomic E-state index is -0.558. The first-order chi connectivity index (χ1) is 11.5. The zero-order chi connectivity index (χ0) is 17.5. The van der Waals surface area contributed by atoms with E-state index in [9.17, 15) is 14.4 Å². The Morgan fingerprint density at radius 1 is 0.958 bits per heavy atom. The third-order valence-corrected chi connectivity index (χ3v) is 3.39. The highest BCUT2D eigenvalue weighted by Gasteiger charge is 2.10. The Morgan fingerprint density at radius 2 is 1.54 bits per heavy atom. The van der Waals surface area contributed by atoms with E-state index in [1.54, 1.807) is 24.3 Å². The van der Waals surface area contributed by atoms with Crippen molar-refractivity contribution in [1.29, 1.82) is 0 Å². The van der Waals surface area contributed by atoms with Crippen LogP contribution in [0, 0.1) is 0 Å². The highest BCUT2D eigenvalue weighted by atomic mass is 16.5. The molecule has 0 atom stereocenters. The van der Waals surface area contributed by atoms with Crippen molar-refractivity contribution in [3.8, 4) is 0 Å². The van der Waals surface area contributed by atoms with E-state index in [4.69, 9.17) is 10.5 Å². The van der Waals surface area contributed by atoms with Crippen molar-refractivity contribution in [2.45, 2.75) is 13.3 Å². The zero-order valence-electron chi connectivity index (χ0n) is 13.2. The van der Waals surface area contributed by atoms with Gasteiger partial charge >= 0.3 is 5.97 Å². The fourth-order valence-corrected chi connectivity index (χ4v) is 2.01. The molecule has 0 bridgehead atoms. The fraction of sp³-hybridized carbons (Fsp3) is 0.167. The number of hydrogen-bond donors (Lipinski definition) is 2. The second-order valence-corrected chi connectivity index (χ2v) is 5.12. The van der Waals surface area contributed by atoms with Gasteiger partial charge in [-0.05, 0) is 48.4 Å². The average Bonchev–Trinajstić information content (AvgIpc) is 2.60. The zero-order valence-corrected chi connectivity index (χ0v) is 13.2. The number of amides is 2. The Labute approximate surface area is 139 Å². The normalized spacial score (nSPS) is 10.0. The van der Waals surface area contributed by atoms with E-state index in [0.717, 1.165) is 12.0 Å². The van der Waals surface area contributed by atoms with Crippen LogP contribution >= 0.6 is 0 Å². The number of carbonyl (C=O) groups excluding carboxylic acids is 3. The minimum absolute atomic E-state index is 0.343. The van der Waals surface area contributed by atoms with Crippen LogP contribution in [0.2, 0.25) is 0 Å². The summed E-state index contributed by atoms with van der Waals surface area (Å²) >= 11 is 0. The quantitative estimate of drug-likeness (QED) is 0.795. The van der Waals surface area contributed by atoms with Gasteiger partial charge in [-0.15, -0.1) is 0 Å². The molecular weight excluding hydrogens is 308 g/mol. The van der Waals surface area contributed by atoms with Gasteiger partial charge < -0.3 is 15.8 Å². The van der Waals surface area contributed by atoms with Crippen LogP contribution in [0.4, 0.5) is 5.69 Å². The number of rotatable bonds is 6. The van der Waals surface area contributed by atoms with Crippen molar-refractivity contribution in [3.05, 3.63) is 65.2 Å². The van der Waals surface area contributed by atoms with Gasteiger partial charge in [0.15, 0.2) is 6.61 Å². The number of nitrogens with one attached hydrogen (secondary N) is 1. The number of esters is 1. The molecule has 0 fully saturated rings. The number of anilines is 1. The maximum Gasteiger partial charge on any atom is 0.338 e. The monoisotopic (exact) mass is 326 g/mol. The highest BCUT2D eigenvalue weighted by molar-refractivity contribution is 5.96. The fourth-order valence-electron chi connectivity index (χ4n) is 2.01. The lowest BCUT2D eigenvalue weighted by atomic mass is 10.1. The van der Waals surface area contributed by atoms with E-state index >= 15 is 0 Å². The Balaban J connectivity index is 1.85. The second-order valence-electron chi connectivity index (χ2n) is 5.12. The van der Waals surface area contributed by atoms with Gasteiger partial charge in [-0.3, -0.25) is 9.59 Å². The molecule has 24 heavy (non-hydrogen) atoms. The lowest BCUT2D eigenvalue weighted by molar-refractivity contribution is -0.119. The molecule has 2 amide bonds. The molecule has 124 valence electrons. The number of benzene rings is 2. The number of primary amides is 1.